The molecule has 106 valence electrons. The van der Waals surface area contributed by atoms with Crippen molar-refractivity contribution in [2.45, 2.75) is 25.4 Å². The Morgan fingerprint density at radius 2 is 2.00 bits per heavy atom. The fraction of sp³-hybridized carbons (Fsp3) is 0.308. The number of hydrogen-bond acceptors (Lipinski definition) is 4. The quantitative estimate of drug-likeness (QED) is 0.616. The van der Waals surface area contributed by atoms with E-state index in [1.807, 2.05) is 0 Å². The van der Waals surface area contributed by atoms with Crippen LogP contribution in [0.4, 0.5) is 5.69 Å². The van der Waals surface area contributed by atoms with E-state index in [0.717, 1.165) is 0 Å². The molecule has 0 saturated carbocycles. The van der Waals surface area contributed by atoms with Crippen LogP contribution >= 0.6 is 0 Å². The van der Waals surface area contributed by atoms with E-state index in [0.29, 0.717) is 16.8 Å². The number of nitrogens with two attached hydrogens (primary N) is 3. The van der Waals surface area contributed by atoms with Crippen molar-refractivity contribution in [3.05, 3.63) is 29.3 Å². The van der Waals surface area contributed by atoms with Crippen LogP contribution in [0.25, 0.3) is 0 Å². The Morgan fingerprint density at radius 1 is 1.30 bits per heavy atom. The molecule has 1 atom stereocenters. The van der Waals surface area contributed by atoms with E-state index in [1.54, 1.807) is 18.2 Å². The molecule has 1 aliphatic heterocycles. The van der Waals surface area contributed by atoms with Gasteiger partial charge in [0.05, 0.1) is 0 Å². The average Bonchev–Trinajstić information content (AvgIpc) is 2.69. The van der Waals surface area contributed by atoms with E-state index in [2.05, 4.69) is 0 Å². The topological polar surface area (TPSA) is 133 Å². The first-order valence-corrected chi connectivity index (χ1v) is 6.17. The Balaban J connectivity index is 2.25. The summed E-state index contributed by atoms with van der Waals surface area (Å²) in [6, 6.07) is 4.17. The number of rotatable bonds is 5. The standard InChI is InChI=1S/C13H16N4O3/c14-9-3-1-2-7-8(9)6-17(13(7)20)10(12(16)19)4-5-11(15)18/h1-3,10H,4-6,14H2,(H2,15,18)(H2,16,19). The molecule has 2 rings (SSSR count). The minimum absolute atomic E-state index is 0.0107. The van der Waals surface area contributed by atoms with Gasteiger partial charge >= 0.3 is 0 Å². The summed E-state index contributed by atoms with van der Waals surface area (Å²) < 4.78 is 0. The van der Waals surface area contributed by atoms with E-state index in [9.17, 15) is 14.4 Å². The molecule has 1 aromatic rings. The largest absolute Gasteiger partial charge is 0.398 e. The smallest absolute Gasteiger partial charge is 0.255 e. The van der Waals surface area contributed by atoms with Gasteiger partial charge in [0.2, 0.25) is 11.8 Å². The van der Waals surface area contributed by atoms with E-state index >= 15 is 0 Å². The van der Waals surface area contributed by atoms with Crippen molar-refractivity contribution in [2.75, 3.05) is 5.73 Å². The van der Waals surface area contributed by atoms with Crippen molar-refractivity contribution in [3.8, 4) is 0 Å². The number of anilines is 1. The third-order valence-corrected chi connectivity index (χ3v) is 3.40. The number of carbonyl (C=O) groups is 3. The van der Waals surface area contributed by atoms with Crippen LogP contribution in [0.1, 0.15) is 28.8 Å². The highest BCUT2D eigenvalue weighted by Gasteiger charge is 2.36. The van der Waals surface area contributed by atoms with Gasteiger partial charge in [-0.2, -0.15) is 0 Å². The lowest BCUT2D eigenvalue weighted by Gasteiger charge is -2.24. The summed E-state index contributed by atoms with van der Waals surface area (Å²) >= 11 is 0. The Bertz CT molecular complexity index is 585. The zero-order valence-corrected chi connectivity index (χ0v) is 10.8. The summed E-state index contributed by atoms with van der Waals surface area (Å²) in [6.45, 7) is 0.215. The number of carbonyl (C=O) groups excluding carboxylic acids is 3. The van der Waals surface area contributed by atoms with Crippen LogP contribution in [-0.2, 0) is 16.1 Å². The highest BCUT2D eigenvalue weighted by Crippen LogP contribution is 2.29. The summed E-state index contributed by atoms with van der Waals surface area (Å²) in [6.07, 6.45) is 0.105. The molecule has 3 amide bonds. The van der Waals surface area contributed by atoms with Gasteiger partial charge < -0.3 is 22.1 Å². The van der Waals surface area contributed by atoms with Gasteiger partial charge in [0.1, 0.15) is 6.04 Å². The summed E-state index contributed by atoms with van der Waals surface area (Å²) in [7, 11) is 0. The summed E-state index contributed by atoms with van der Waals surface area (Å²) in [5.74, 6) is -1.51. The molecule has 6 N–H and O–H groups in total. The molecule has 0 fully saturated rings. The maximum atomic E-state index is 12.3. The van der Waals surface area contributed by atoms with Gasteiger partial charge in [-0.05, 0) is 18.6 Å². The fourth-order valence-electron chi connectivity index (χ4n) is 2.36. The Morgan fingerprint density at radius 3 is 2.55 bits per heavy atom. The fourth-order valence-corrected chi connectivity index (χ4v) is 2.36. The third-order valence-electron chi connectivity index (χ3n) is 3.40. The SMILES string of the molecule is NC(=O)CCC(C(N)=O)N1Cc2c(N)cccc2C1=O. The monoisotopic (exact) mass is 276 g/mol. The zero-order chi connectivity index (χ0) is 14.9. The van der Waals surface area contributed by atoms with Crippen LogP contribution in [0.15, 0.2) is 18.2 Å². The van der Waals surface area contributed by atoms with Crippen LogP contribution < -0.4 is 17.2 Å². The molecule has 0 bridgehead atoms. The molecule has 7 nitrogen and oxygen atoms in total. The van der Waals surface area contributed by atoms with Gasteiger partial charge in [0.25, 0.3) is 5.91 Å². The van der Waals surface area contributed by atoms with Crippen molar-refractivity contribution in [1.82, 2.24) is 4.90 Å². The summed E-state index contributed by atoms with van der Waals surface area (Å²) in [5, 5.41) is 0. The van der Waals surface area contributed by atoms with Crippen molar-refractivity contribution >= 4 is 23.4 Å². The second kappa shape index (κ2) is 5.20. The van der Waals surface area contributed by atoms with E-state index in [1.165, 1.54) is 4.90 Å². The number of nitrogen functional groups attached to an aromatic ring is 1. The molecular formula is C13H16N4O3. The molecular weight excluding hydrogens is 260 g/mol. The number of nitrogens with zero attached hydrogens (tertiary/aromatic N) is 1. The van der Waals surface area contributed by atoms with Crippen LogP contribution in [0.5, 0.6) is 0 Å². The van der Waals surface area contributed by atoms with E-state index in [-0.39, 0.29) is 25.3 Å². The van der Waals surface area contributed by atoms with E-state index in [4.69, 9.17) is 17.2 Å². The maximum absolute atomic E-state index is 12.3. The van der Waals surface area contributed by atoms with E-state index < -0.39 is 17.9 Å². The van der Waals surface area contributed by atoms with Gasteiger partial charge in [-0.1, -0.05) is 6.07 Å². The molecule has 0 aromatic heterocycles. The predicted octanol–water partition coefficient (Wildman–Crippen LogP) is -0.656. The first-order valence-electron chi connectivity index (χ1n) is 6.17. The van der Waals surface area contributed by atoms with Crippen molar-refractivity contribution in [1.29, 1.82) is 0 Å². The second-order valence-corrected chi connectivity index (χ2v) is 4.73. The van der Waals surface area contributed by atoms with Gasteiger partial charge in [-0.15, -0.1) is 0 Å². The zero-order valence-electron chi connectivity index (χ0n) is 10.8. The highest BCUT2D eigenvalue weighted by atomic mass is 16.2. The number of hydrogen-bond donors (Lipinski definition) is 3. The summed E-state index contributed by atoms with van der Waals surface area (Å²) in [5.41, 5.74) is 17.9. The molecule has 0 radical (unpaired) electrons. The van der Waals surface area contributed by atoms with Gasteiger partial charge in [0, 0.05) is 29.8 Å². The molecule has 1 aliphatic rings. The molecule has 1 heterocycles. The highest BCUT2D eigenvalue weighted by molar-refractivity contribution is 6.02. The number of primary amides is 2. The Kier molecular flexibility index (Phi) is 3.60. The lowest BCUT2D eigenvalue weighted by atomic mass is 10.1. The second-order valence-electron chi connectivity index (χ2n) is 4.73. The van der Waals surface area contributed by atoms with Gasteiger partial charge in [-0.3, -0.25) is 14.4 Å². The maximum Gasteiger partial charge on any atom is 0.255 e. The van der Waals surface area contributed by atoms with Crippen molar-refractivity contribution in [3.63, 3.8) is 0 Å². The van der Waals surface area contributed by atoms with Crippen molar-refractivity contribution < 1.29 is 14.4 Å². The number of amides is 3. The number of benzene rings is 1. The minimum atomic E-state index is -0.859. The molecule has 0 saturated heterocycles. The Labute approximate surface area is 115 Å². The van der Waals surface area contributed by atoms with Crippen LogP contribution in [0.2, 0.25) is 0 Å². The third kappa shape index (κ3) is 2.42. The molecule has 1 unspecified atom stereocenters. The van der Waals surface area contributed by atoms with Crippen molar-refractivity contribution in [2.24, 2.45) is 11.5 Å². The molecule has 0 aliphatic carbocycles. The predicted molar refractivity (Wildman–Crippen MR) is 72.1 cm³/mol. The summed E-state index contributed by atoms with van der Waals surface area (Å²) in [4.78, 5) is 36.0. The lowest BCUT2D eigenvalue weighted by Crippen LogP contribution is -2.45. The first-order chi connectivity index (χ1) is 9.41. The molecule has 7 heteroatoms. The van der Waals surface area contributed by atoms with Crippen LogP contribution in [0.3, 0.4) is 0 Å². The Hall–Kier alpha value is -2.57. The normalized spacial score (nSPS) is 15.0. The average molecular weight is 276 g/mol. The van der Waals surface area contributed by atoms with Gasteiger partial charge in [-0.25, -0.2) is 0 Å². The first kappa shape index (κ1) is 13.9. The minimum Gasteiger partial charge on any atom is -0.398 e. The molecule has 1 aromatic carbocycles. The van der Waals surface area contributed by atoms with Crippen LogP contribution in [0, 0.1) is 0 Å². The number of fused-ring (bicyclic) bond motifs is 1. The van der Waals surface area contributed by atoms with Crippen LogP contribution in [-0.4, -0.2) is 28.7 Å². The molecule has 20 heavy (non-hydrogen) atoms. The van der Waals surface area contributed by atoms with Gasteiger partial charge in [0.15, 0.2) is 0 Å². The molecule has 0 spiro atoms. The lowest BCUT2D eigenvalue weighted by molar-refractivity contribution is -0.123.